The van der Waals surface area contributed by atoms with Crippen LogP contribution in [0.1, 0.15) is 30.1 Å². The van der Waals surface area contributed by atoms with E-state index < -0.39 is 0 Å². The molecule has 0 heterocycles. The first-order chi connectivity index (χ1) is 8.06. The van der Waals surface area contributed by atoms with Crippen molar-refractivity contribution in [3.05, 3.63) is 47.3 Å². The molecule has 0 aliphatic heterocycles. The van der Waals surface area contributed by atoms with Crippen molar-refractivity contribution in [3.63, 3.8) is 0 Å². The van der Waals surface area contributed by atoms with E-state index in [1.165, 1.54) is 24.3 Å². The van der Waals surface area contributed by atoms with Gasteiger partial charge in [-0.2, -0.15) is 0 Å². The van der Waals surface area contributed by atoms with Gasteiger partial charge in [0, 0.05) is 18.4 Å². The number of hydrogen-bond acceptors (Lipinski definition) is 2. The van der Waals surface area contributed by atoms with Crippen LogP contribution in [0.4, 0.5) is 4.39 Å². The Balaban J connectivity index is 2.05. The van der Waals surface area contributed by atoms with Crippen LogP contribution in [0.3, 0.4) is 0 Å². The Hall–Kier alpha value is -1.77. The third kappa shape index (κ3) is 2.67. The molecule has 0 fully saturated rings. The monoisotopic (exact) mass is 232 g/mol. The molecule has 0 N–H and O–H groups in total. The molecular formula is C14H13FO2. The van der Waals surface area contributed by atoms with Crippen molar-refractivity contribution >= 4 is 11.6 Å². The van der Waals surface area contributed by atoms with Crippen LogP contribution in [0.25, 0.3) is 0 Å². The molecule has 0 spiro atoms. The van der Waals surface area contributed by atoms with Gasteiger partial charge < -0.3 is 0 Å². The highest BCUT2D eigenvalue weighted by Gasteiger charge is 2.24. The van der Waals surface area contributed by atoms with E-state index in [0.717, 1.165) is 5.57 Å². The molecular weight excluding hydrogens is 219 g/mol. The van der Waals surface area contributed by atoms with Crippen molar-refractivity contribution in [1.29, 1.82) is 0 Å². The highest BCUT2D eigenvalue weighted by molar-refractivity contribution is 5.98. The SMILES string of the molecule is CC1=CC(=O)C[C@H]1CC(=O)c1ccc(F)cc1. The summed E-state index contributed by atoms with van der Waals surface area (Å²) in [5, 5.41) is 0. The first-order valence-electron chi connectivity index (χ1n) is 5.56. The van der Waals surface area contributed by atoms with E-state index in [9.17, 15) is 14.0 Å². The number of benzene rings is 1. The lowest BCUT2D eigenvalue weighted by Crippen LogP contribution is -2.08. The molecule has 1 aromatic rings. The van der Waals surface area contributed by atoms with E-state index in [1.54, 1.807) is 6.08 Å². The van der Waals surface area contributed by atoms with Crippen LogP contribution in [0, 0.1) is 11.7 Å². The van der Waals surface area contributed by atoms with Gasteiger partial charge >= 0.3 is 0 Å². The first kappa shape index (κ1) is 11.7. The zero-order chi connectivity index (χ0) is 12.4. The number of allylic oxidation sites excluding steroid dienone is 2. The Bertz CT molecular complexity index is 485. The molecule has 0 radical (unpaired) electrons. The summed E-state index contributed by atoms with van der Waals surface area (Å²) in [4.78, 5) is 23.1. The number of carbonyl (C=O) groups excluding carboxylic acids is 2. The molecule has 0 aromatic heterocycles. The fourth-order valence-corrected chi connectivity index (χ4v) is 2.05. The van der Waals surface area contributed by atoms with Crippen LogP contribution >= 0.6 is 0 Å². The van der Waals surface area contributed by atoms with Gasteiger partial charge in [-0.15, -0.1) is 0 Å². The second-order valence-electron chi connectivity index (χ2n) is 4.39. The van der Waals surface area contributed by atoms with Gasteiger partial charge in [-0.1, -0.05) is 5.57 Å². The van der Waals surface area contributed by atoms with Crippen LogP contribution in [-0.2, 0) is 4.79 Å². The molecule has 1 aliphatic rings. The number of halogens is 1. The third-order valence-corrected chi connectivity index (χ3v) is 3.08. The molecule has 1 atom stereocenters. The standard InChI is InChI=1S/C14H13FO2/c1-9-6-13(16)7-11(9)8-14(17)10-2-4-12(15)5-3-10/h2-6,11H,7-8H2,1H3/t11-/m0/s1. The van der Waals surface area contributed by atoms with Gasteiger partial charge in [0.1, 0.15) is 5.82 Å². The number of Topliss-reactive ketones (excluding diaryl/α,β-unsaturated/α-hetero) is 1. The lowest BCUT2D eigenvalue weighted by atomic mass is 9.93. The van der Waals surface area contributed by atoms with Crippen LogP contribution < -0.4 is 0 Å². The minimum absolute atomic E-state index is 0.0139. The van der Waals surface area contributed by atoms with Crippen molar-refractivity contribution < 1.29 is 14.0 Å². The largest absolute Gasteiger partial charge is 0.295 e. The molecule has 1 aromatic carbocycles. The number of hydrogen-bond donors (Lipinski definition) is 0. The number of ketones is 2. The van der Waals surface area contributed by atoms with Gasteiger partial charge in [-0.05, 0) is 43.2 Å². The Morgan fingerprint density at radius 2 is 2.00 bits per heavy atom. The molecule has 88 valence electrons. The quantitative estimate of drug-likeness (QED) is 0.751. The molecule has 2 rings (SSSR count). The molecule has 0 unspecified atom stereocenters. The van der Waals surface area contributed by atoms with Gasteiger partial charge in [0.05, 0.1) is 0 Å². The van der Waals surface area contributed by atoms with Crippen molar-refractivity contribution in [2.24, 2.45) is 5.92 Å². The Kier molecular flexibility index (Phi) is 3.18. The Morgan fingerprint density at radius 1 is 1.35 bits per heavy atom. The van der Waals surface area contributed by atoms with Crippen LogP contribution in [-0.4, -0.2) is 11.6 Å². The van der Waals surface area contributed by atoms with E-state index in [2.05, 4.69) is 0 Å². The van der Waals surface area contributed by atoms with Gasteiger partial charge in [0.25, 0.3) is 0 Å². The summed E-state index contributed by atoms with van der Waals surface area (Å²) in [6.07, 6.45) is 2.33. The first-order valence-corrected chi connectivity index (χ1v) is 5.56. The van der Waals surface area contributed by atoms with Crippen molar-refractivity contribution in [3.8, 4) is 0 Å². The highest BCUT2D eigenvalue weighted by Crippen LogP contribution is 2.27. The molecule has 0 saturated carbocycles. The van der Waals surface area contributed by atoms with Gasteiger partial charge in [-0.3, -0.25) is 9.59 Å². The van der Waals surface area contributed by atoms with Crippen molar-refractivity contribution in [2.75, 3.05) is 0 Å². The van der Waals surface area contributed by atoms with E-state index in [0.29, 0.717) is 18.4 Å². The summed E-state index contributed by atoms with van der Waals surface area (Å²) in [5.41, 5.74) is 1.46. The smallest absolute Gasteiger partial charge is 0.163 e. The maximum atomic E-state index is 12.7. The van der Waals surface area contributed by atoms with Crippen LogP contribution in [0.2, 0.25) is 0 Å². The molecule has 3 heteroatoms. The second-order valence-corrected chi connectivity index (χ2v) is 4.39. The second kappa shape index (κ2) is 4.62. The maximum absolute atomic E-state index is 12.7. The zero-order valence-corrected chi connectivity index (χ0v) is 9.57. The molecule has 0 saturated heterocycles. The van der Waals surface area contributed by atoms with E-state index in [1.807, 2.05) is 6.92 Å². The minimum atomic E-state index is -0.353. The fourth-order valence-electron chi connectivity index (χ4n) is 2.05. The van der Waals surface area contributed by atoms with Gasteiger partial charge in [0.2, 0.25) is 0 Å². The van der Waals surface area contributed by atoms with E-state index >= 15 is 0 Å². The zero-order valence-electron chi connectivity index (χ0n) is 9.57. The minimum Gasteiger partial charge on any atom is -0.295 e. The summed E-state index contributed by atoms with van der Waals surface area (Å²) < 4.78 is 12.7. The van der Waals surface area contributed by atoms with Crippen LogP contribution in [0.5, 0.6) is 0 Å². The summed E-state index contributed by atoms with van der Waals surface area (Å²) in [7, 11) is 0. The molecule has 17 heavy (non-hydrogen) atoms. The molecule has 0 bridgehead atoms. The summed E-state index contributed by atoms with van der Waals surface area (Å²) in [5.74, 6) is -0.300. The average Bonchev–Trinajstić information content (AvgIpc) is 2.58. The van der Waals surface area contributed by atoms with Gasteiger partial charge in [0.15, 0.2) is 11.6 Å². The predicted octanol–water partition coefficient (Wildman–Crippen LogP) is 2.93. The molecule has 2 nitrogen and oxygen atoms in total. The van der Waals surface area contributed by atoms with Crippen molar-refractivity contribution in [2.45, 2.75) is 19.8 Å². The lowest BCUT2D eigenvalue weighted by molar-refractivity contribution is -0.114. The van der Waals surface area contributed by atoms with E-state index in [-0.39, 0.29) is 23.3 Å². The topological polar surface area (TPSA) is 34.1 Å². The van der Waals surface area contributed by atoms with Crippen LogP contribution in [0.15, 0.2) is 35.9 Å². The maximum Gasteiger partial charge on any atom is 0.163 e. The summed E-state index contributed by atoms with van der Waals surface area (Å²) in [6.45, 7) is 1.87. The van der Waals surface area contributed by atoms with Gasteiger partial charge in [-0.25, -0.2) is 4.39 Å². The number of rotatable bonds is 3. The Morgan fingerprint density at radius 3 is 2.53 bits per heavy atom. The number of carbonyl (C=O) groups is 2. The van der Waals surface area contributed by atoms with E-state index in [4.69, 9.17) is 0 Å². The molecule has 0 amide bonds. The predicted molar refractivity (Wildman–Crippen MR) is 62.2 cm³/mol. The summed E-state index contributed by atoms with van der Waals surface area (Å²) in [6, 6.07) is 5.51. The highest BCUT2D eigenvalue weighted by atomic mass is 19.1. The fraction of sp³-hybridized carbons (Fsp3) is 0.286. The summed E-state index contributed by atoms with van der Waals surface area (Å²) >= 11 is 0. The average molecular weight is 232 g/mol. The lowest BCUT2D eigenvalue weighted by Gasteiger charge is -2.09. The van der Waals surface area contributed by atoms with Crippen molar-refractivity contribution in [1.82, 2.24) is 0 Å². The molecule has 1 aliphatic carbocycles. The Labute approximate surface area is 99.1 Å². The normalized spacial score (nSPS) is 19.3. The third-order valence-electron chi connectivity index (χ3n) is 3.08.